The van der Waals surface area contributed by atoms with Gasteiger partial charge >= 0.3 is 0 Å². The molecule has 3 rings (SSSR count). The second-order valence-electron chi connectivity index (χ2n) is 9.57. The second kappa shape index (κ2) is 10.0. The summed E-state index contributed by atoms with van der Waals surface area (Å²) in [6, 6.07) is 14.2. The topological polar surface area (TPSA) is 63.1 Å². The van der Waals surface area contributed by atoms with Crippen molar-refractivity contribution in [1.82, 2.24) is 9.88 Å². The number of nitrogens with zero attached hydrogens (tertiary/aromatic N) is 1. The largest absolute Gasteiger partial charge is 0.351 e. The number of rotatable bonds is 8. The van der Waals surface area contributed by atoms with E-state index in [0.29, 0.717) is 37.0 Å². The molecule has 0 bridgehead atoms. The molecule has 3 aromatic rings. The Balaban J connectivity index is 2.01. The molecule has 5 heteroatoms. The zero-order valence-electron chi connectivity index (χ0n) is 20.1. The molecule has 2 amide bonds. The van der Waals surface area contributed by atoms with Crippen LogP contribution in [-0.4, -0.2) is 22.9 Å². The Kier molecular flexibility index (Phi) is 7.39. The summed E-state index contributed by atoms with van der Waals surface area (Å²) < 4.78 is 2.08. The molecule has 0 aliphatic rings. The highest BCUT2D eigenvalue weighted by Gasteiger charge is 2.17. The Hall–Kier alpha value is -3.08. The molecule has 0 aliphatic carbocycles. The van der Waals surface area contributed by atoms with Crippen LogP contribution in [-0.2, 0) is 11.3 Å². The molecular formula is C27H35N3O2. The van der Waals surface area contributed by atoms with Gasteiger partial charge in [-0.1, -0.05) is 51.5 Å². The van der Waals surface area contributed by atoms with E-state index in [4.69, 9.17) is 0 Å². The van der Waals surface area contributed by atoms with E-state index in [1.54, 1.807) is 0 Å². The highest BCUT2D eigenvalue weighted by Crippen LogP contribution is 2.26. The lowest BCUT2D eigenvalue weighted by atomic mass is 10.1. The molecule has 0 fully saturated rings. The summed E-state index contributed by atoms with van der Waals surface area (Å²) >= 11 is 0. The molecule has 32 heavy (non-hydrogen) atoms. The minimum Gasteiger partial charge on any atom is -0.351 e. The van der Waals surface area contributed by atoms with Crippen molar-refractivity contribution >= 4 is 28.4 Å². The van der Waals surface area contributed by atoms with Crippen LogP contribution in [0.5, 0.6) is 0 Å². The van der Waals surface area contributed by atoms with Crippen molar-refractivity contribution in [3.8, 4) is 0 Å². The van der Waals surface area contributed by atoms with Crippen LogP contribution < -0.4 is 10.6 Å². The van der Waals surface area contributed by atoms with Gasteiger partial charge in [-0.15, -0.1) is 0 Å². The number of nitrogens with one attached hydrogen (secondary N) is 2. The molecule has 170 valence electrons. The lowest BCUT2D eigenvalue weighted by Gasteiger charge is -2.14. The molecule has 0 spiro atoms. The van der Waals surface area contributed by atoms with Gasteiger partial charge in [0.1, 0.15) is 5.69 Å². The number of amides is 2. The van der Waals surface area contributed by atoms with Crippen LogP contribution in [0.25, 0.3) is 10.9 Å². The average molecular weight is 434 g/mol. The third-order valence-corrected chi connectivity index (χ3v) is 5.52. The molecule has 2 N–H and O–H groups in total. The van der Waals surface area contributed by atoms with E-state index in [0.717, 1.165) is 16.6 Å². The number of anilines is 1. The summed E-state index contributed by atoms with van der Waals surface area (Å²) in [5.41, 5.74) is 5.94. The molecule has 0 saturated carbocycles. The molecule has 5 nitrogen and oxygen atoms in total. The van der Waals surface area contributed by atoms with Gasteiger partial charge in [0.25, 0.3) is 5.91 Å². The first-order valence-electron chi connectivity index (χ1n) is 11.4. The minimum atomic E-state index is -0.0781. The Labute approximate surface area is 191 Å². The Morgan fingerprint density at radius 1 is 0.938 bits per heavy atom. The van der Waals surface area contributed by atoms with Gasteiger partial charge < -0.3 is 15.2 Å². The van der Waals surface area contributed by atoms with Crippen LogP contribution >= 0.6 is 0 Å². The smallest absolute Gasteiger partial charge is 0.267 e. The molecule has 0 atom stereocenters. The maximum Gasteiger partial charge on any atom is 0.267 e. The fraction of sp³-hybridized carbons (Fsp3) is 0.407. The normalized spacial score (nSPS) is 11.4. The second-order valence-corrected chi connectivity index (χ2v) is 9.57. The van der Waals surface area contributed by atoms with E-state index >= 15 is 0 Å². The van der Waals surface area contributed by atoms with Gasteiger partial charge in [-0.05, 0) is 61.1 Å². The molecule has 1 aromatic heterocycles. The molecule has 0 radical (unpaired) electrons. The first-order chi connectivity index (χ1) is 15.1. The third-order valence-electron chi connectivity index (χ3n) is 5.52. The van der Waals surface area contributed by atoms with Gasteiger partial charge in [-0.2, -0.15) is 0 Å². The van der Waals surface area contributed by atoms with E-state index in [1.165, 1.54) is 16.7 Å². The molecule has 0 unspecified atom stereocenters. The van der Waals surface area contributed by atoms with Crippen molar-refractivity contribution in [2.45, 2.75) is 54.5 Å². The summed E-state index contributed by atoms with van der Waals surface area (Å²) in [5.74, 6) is 0.599. The van der Waals surface area contributed by atoms with Crippen molar-refractivity contribution in [3.05, 3.63) is 64.8 Å². The summed E-state index contributed by atoms with van der Waals surface area (Å²) in [4.78, 5) is 25.3. The minimum absolute atomic E-state index is 0.00377. The number of aromatic nitrogens is 1. The van der Waals surface area contributed by atoms with Gasteiger partial charge in [0.05, 0.1) is 0 Å². The van der Waals surface area contributed by atoms with Crippen LogP contribution in [0.4, 0.5) is 5.69 Å². The number of carbonyl (C=O) groups is 2. The van der Waals surface area contributed by atoms with Gasteiger partial charge in [0.15, 0.2) is 0 Å². The monoisotopic (exact) mass is 433 g/mol. The van der Waals surface area contributed by atoms with Crippen LogP contribution in [0, 0.1) is 25.7 Å². The van der Waals surface area contributed by atoms with Crippen LogP contribution in [0.1, 0.15) is 61.3 Å². The molecule has 0 saturated heterocycles. The molecule has 0 aliphatic heterocycles. The summed E-state index contributed by atoms with van der Waals surface area (Å²) in [7, 11) is 0. The standard InChI is InChI=1S/C27H35N3O2/c1-17(2)11-26(31)29-23-9-10-24-21(13-23)14-25(27(32)28-15-18(3)4)30(24)16-22-12-19(5)7-8-20(22)6/h7-10,12-14,17-18H,11,15-16H2,1-6H3,(H,28,32)(H,29,31). The average Bonchev–Trinajstić information content (AvgIpc) is 3.06. The van der Waals surface area contributed by atoms with Gasteiger partial charge in [0.2, 0.25) is 5.91 Å². The van der Waals surface area contributed by atoms with E-state index in [-0.39, 0.29) is 11.8 Å². The van der Waals surface area contributed by atoms with Gasteiger partial charge in [-0.3, -0.25) is 9.59 Å². The zero-order chi connectivity index (χ0) is 23.4. The SMILES string of the molecule is Cc1ccc(C)c(Cn2c(C(=O)NCC(C)C)cc3cc(NC(=O)CC(C)C)ccc32)c1. The predicted octanol–water partition coefficient (Wildman–Crippen LogP) is 5.68. The lowest BCUT2D eigenvalue weighted by molar-refractivity contribution is -0.116. The fourth-order valence-electron chi connectivity index (χ4n) is 3.82. The van der Waals surface area contributed by atoms with E-state index in [2.05, 4.69) is 61.1 Å². The number of hydrogen-bond donors (Lipinski definition) is 2. The highest BCUT2D eigenvalue weighted by molar-refractivity contribution is 6.00. The Morgan fingerprint density at radius 2 is 1.69 bits per heavy atom. The van der Waals surface area contributed by atoms with Crippen molar-refractivity contribution in [2.24, 2.45) is 11.8 Å². The number of fused-ring (bicyclic) bond motifs is 1. The van der Waals surface area contributed by atoms with Crippen molar-refractivity contribution in [2.75, 3.05) is 11.9 Å². The molecule has 1 heterocycles. The summed E-state index contributed by atoms with van der Waals surface area (Å²) in [6.07, 6.45) is 0.481. The number of carbonyl (C=O) groups excluding carboxylic acids is 2. The van der Waals surface area contributed by atoms with Crippen molar-refractivity contribution < 1.29 is 9.59 Å². The number of hydrogen-bond acceptors (Lipinski definition) is 2. The summed E-state index contributed by atoms with van der Waals surface area (Å²) in [5, 5.41) is 6.97. The first kappa shape index (κ1) is 23.6. The zero-order valence-corrected chi connectivity index (χ0v) is 20.1. The van der Waals surface area contributed by atoms with Gasteiger partial charge in [-0.25, -0.2) is 0 Å². The van der Waals surface area contributed by atoms with E-state index in [1.807, 2.05) is 38.1 Å². The summed E-state index contributed by atoms with van der Waals surface area (Å²) in [6.45, 7) is 13.6. The van der Waals surface area contributed by atoms with Crippen LogP contribution in [0.2, 0.25) is 0 Å². The maximum absolute atomic E-state index is 13.1. The highest BCUT2D eigenvalue weighted by atomic mass is 16.2. The quantitative estimate of drug-likeness (QED) is 0.480. The first-order valence-corrected chi connectivity index (χ1v) is 11.4. The predicted molar refractivity (Wildman–Crippen MR) is 132 cm³/mol. The molecule has 2 aromatic carbocycles. The van der Waals surface area contributed by atoms with E-state index < -0.39 is 0 Å². The Bertz CT molecular complexity index is 1130. The molecular weight excluding hydrogens is 398 g/mol. The number of benzene rings is 2. The van der Waals surface area contributed by atoms with Crippen LogP contribution in [0.3, 0.4) is 0 Å². The van der Waals surface area contributed by atoms with Gasteiger partial charge in [0, 0.05) is 36.1 Å². The van der Waals surface area contributed by atoms with Crippen molar-refractivity contribution in [3.63, 3.8) is 0 Å². The lowest BCUT2D eigenvalue weighted by Crippen LogP contribution is -2.29. The third kappa shape index (κ3) is 5.78. The number of aryl methyl sites for hydroxylation is 2. The van der Waals surface area contributed by atoms with E-state index in [9.17, 15) is 9.59 Å². The van der Waals surface area contributed by atoms with Crippen molar-refractivity contribution in [1.29, 1.82) is 0 Å². The Morgan fingerprint density at radius 3 is 2.38 bits per heavy atom. The van der Waals surface area contributed by atoms with Crippen LogP contribution in [0.15, 0.2) is 42.5 Å². The maximum atomic E-state index is 13.1. The fourth-order valence-corrected chi connectivity index (χ4v) is 3.82.